The number of aryl methyl sites for hydroxylation is 1. The lowest BCUT2D eigenvalue weighted by molar-refractivity contribution is 0.162. The van der Waals surface area contributed by atoms with Crippen molar-refractivity contribution in [2.24, 2.45) is 5.92 Å². The van der Waals surface area contributed by atoms with Crippen molar-refractivity contribution in [2.45, 2.75) is 33.2 Å². The fraction of sp³-hybridized carbons (Fsp3) is 0.800. The second kappa shape index (κ2) is 4.09. The van der Waals surface area contributed by atoms with E-state index in [1.807, 2.05) is 6.92 Å². The van der Waals surface area contributed by atoms with Gasteiger partial charge in [0.15, 0.2) is 0 Å². The van der Waals surface area contributed by atoms with E-state index in [2.05, 4.69) is 22.0 Å². The normalized spacial score (nSPS) is 24.0. The van der Waals surface area contributed by atoms with Gasteiger partial charge in [0.05, 0.1) is 6.54 Å². The minimum Gasteiger partial charge on any atom is -0.424 e. The van der Waals surface area contributed by atoms with Crippen LogP contribution in [0.4, 0.5) is 0 Å². The third kappa shape index (κ3) is 2.32. The largest absolute Gasteiger partial charge is 0.424 e. The molecule has 1 fully saturated rings. The third-order valence-corrected chi connectivity index (χ3v) is 2.67. The van der Waals surface area contributed by atoms with Gasteiger partial charge in [0, 0.05) is 13.5 Å². The Balaban J connectivity index is 1.90. The van der Waals surface area contributed by atoms with E-state index in [9.17, 15) is 0 Å². The van der Waals surface area contributed by atoms with E-state index in [0.29, 0.717) is 5.89 Å². The predicted molar refractivity (Wildman–Crippen MR) is 52.7 cm³/mol. The molecule has 0 radical (unpaired) electrons. The SMILES string of the molecule is Cc1nnc(CN2CCCC(C)C2)o1. The van der Waals surface area contributed by atoms with Crippen LogP contribution in [0, 0.1) is 12.8 Å². The first kappa shape index (κ1) is 9.65. The lowest BCUT2D eigenvalue weighted by atomic mass is 10.0. The van der Waals surface area contributed by atoms with Crippen molar-refractivity contribution in [3.8, 4) is 0 Å². The Labute approximate surface area is 84.3 Å². The molecule has 0 N–H and O–H groups in total. The fourth-order valence-electron chi connectivity index (χ4n) is 2.02. The maximum absolute atomic E-state index is 5.36. The number of piperidine rings is 1. The molecule has 14 heavy (non-hydrogen) atoms. The molecule has 1 atom stereocenters. The standard InChI is InChI=1S/C10H17N3O/c1-8-4-3-5-13(6-8)7-10-12-11-9(2)14-10/h8H,3-7H2,1-2H3. The average molecular weight is 195 g/mol. The zero-order chi connectivity index (χ0) is 9.97. The molecule has 0 spiro atoms. The van der Waals surface area contributed by atoms with Crippen LogP contribution in [0.2, 0.25) is 0 Å². The zero-order valence-electron chi connectivity index (χ0n) is 8.86. The van der Waals surface area contributed by atoms with E-state index < -0.39 is 0 Å². The summed E-state index contributed by atoms with van der Waals surface area (Å²) in [4.78, 5) is 2.39. The number of hydrogen-bond donors (Lipinski definition) is 0. The fourth-order valence-corrected chi connectivity index (χ4v) is 2.02. The summed E-state index contributed by atoms with van der Waals surface area (Å²) in [5.74, 6) is 2.20. The molecule has 0 amide bonds. The molecule has 1 aromatic rings. The molecule has 2 heterocycles. The lowest BCUT2D eigenvalue weighted by Gasteiger charge is -2.29. The number of hydrogen-bond acceptors (Lipinski definition) is 4. The van der Waals surface area contributed by atoms with Gasteiger partial charge in [-0.2, -0.15) is 0 Å². The van der Waals surface area contributed by atoms with Crippen molar-refractivity contribution >= 4 is 0 Å². The van der Waals surface area contributed by atoms with Gasteiger partial charge in [-0.25, -0.2) is 0 Å². The van der Waals surface area contributed by atoms with Crippen molar-refractivity contribution in [2.75, 3.05) is 13.1 Å². The lowest BCUT2D eigenvalue weighted by Crippen LogP contribution is -2.33. The van der Waals surface area contributed by atoms with Crippen LogP contribution in [0.1, 0.15) is 31.5 Å². The molecule has 0 aliphatic carbocycles. The molecule has 0 saturated carbocycles. The maximum atomic E-state index is 5.36. The highest BCUT2D eigenvalue weighted by Gasteiger charge is 2.18. The van der Waals surface area contributed by atoms with Gasteiger partial charge in [0.1, 0.15) is 0 Å². The van der Waals surface area contributed by atoms with Gasteiger partial charge in [-0.3, -0.25) is 4.90 Å². The van der Waals surface area contributed by atoms with E-state index >= 15 is 0 Å². The Hall–Kier alpha value is -0.900. The Morgan fingerprint density at radius 2 is 2.36 bits per heavy atom. The number of rotatable bonds is 2. The van der Waals surface area contributed by atoms with Gasteiger partial charge in [-0.05, 0) is 25.3 Å². The van der Waals surface area contributed by atoms with Crippen LogP contribution in [0.15, 0.2) is 4.42 Å². The monoisotopic (exact) mass is 195 g/mol. The molecular formula is C10H17N3O. The molecule has 1 saturated heterocycles. The number of aromatic nitrogens is 2. The summed E-state index contributed by atoms with van der Waals surface area (Å²) in [5, 5.41) is 7.83. The number of likely N-dealkylation sites (tertiary alicyclic amines) is 1. The van der Waals surface area contributed by atoms with Gasteiger partial charge < -0.3 is 4.42 Å². The predicted octanol–water partition coefficient (Wildman–Crippen LogP) is 1.61. The highest BCUT2D eigenvalue weighted by Crippen LogP contribution is 2.17. The van der Waals surface area contributed by atoms with Crippen LogP contribution in [-0.4, -0.2) is 28.2 Å². The van der Waals surface area contributed by atoms with E-state index in [4.69, 9.17) is 4.42 Å². The minimum absolute atomic E-state index is 0.657. The quantitative estimate of drug-likeness (QED) is 0.719. The van der Waals surface area contributed by atoms with Crippen molar-refractivity contribution in [1.29, 1.82) is 0 Å². The Kier molecular flexibility index (Phi) is 2.82. The van der Waals surface area contributed by atoms with E-state index in [1.165, 1.54) is 12.8 Å². The molecule has 0 aromatic carbocycles. The van der Waals surface area contributed by atoms with Gasteiger partial charge in [0.25, 0.3) is 0 Å². The van der Waals surface area contributed by atoms with Crippen molar-refractivity contribution < 1.29 is 4.42 Å². The summed E-state index contributed by atoms with van der Waals surface area (Å²) in [6.07, 6.45) is 2.63. The summed E-state index contributed by atoms with van der Waals surface area (Å²) in [6, 6.07) is 0. The van der Waals surface area contributed by atoms with Gasteiger partial charge in [-0.1, -0.05) is 6.92 Å². The Morgan fingerprint density at radius 1 is 1.50 bits per heavy atom. The molecule has 0 bridgehead atoms. The second-order valence-corrected chi connectivity index (χ2v) is 4.20. The molecular weight excluding hydrogens is 178 g/mol. The zero-order valence-corrected chi connectivity index (χ0v) is 8.86. The molecule has 1 aromatic heterocycles. The van der Waals surface area contributed by atoms with Crippen LogP contribution in [0.5, 0.6) is 0 Å². The summed E-state index contributed by atoms with van der Waals surface area (Å²) in [6.45, 7) is 7.25. The minimum atomic E-state index is 0.657. The summed E-state index contributed by atoms with van der Waals surface area (Å²) < 4.78 is 5.36. The van der Waals surface area contributed by atoms with E-state index in [-0.39, 0.29) is 0 Å². The molecule has 4 heteroatoms. The Bertz CT molecular complexity index is 297. The van der Waals surface area contributed by atoms with Gasteiger partial charge in [-0.15, -0.1) is 10.2 Å². The average Bonchev–Trinajstić information content (AvgIpc) is 2.51. The van der Waals surface area contributed by atoms with Gasteiger partial charge in [0.2, 0.25) is 11.8 Å². The first-order valence-electron chi connectivity index (χ1n) is 5.25. The molecule has 1 aliphatic rings. The van der Waals surface area contributed by atoms with Crippen molar-refractivity contribution in [3.63, 3.8) is 0 Å². The maximum Gasteiger partial charge on any atom is 0.230 e. The molecule has 1 unspecified atom stereocenters. The number of nitrogens with zero attached hydrogens (tertiary/aromatic N) is 3. The highest BCUT2D eigenvalue weighted by atomic mass is 16.4. The van der Waals surface area contributed by atoms with E-state index in [0.717, 1.165) is 31.4 Å². The topological polar surface area (TPSA) is 42.2 Å². The van der Waals surface area contributed by atoms with Gasteiger partial charge >= 0.3 is 0 Å². The Morgan fingerprint density at radius 3 is 3.00 bits per heavy atom. The second-order valence-electron chi connectivity index (χ2n) is 4.20. The molecule has 1 aliphatic heterocycles. The summed E-state index contributed by atoms with van der Waals surface area (Å²) in [7, 11) is 0. The van der Waals surface area contributed by atoms with Crippen LogP contribution in [-0.2, 0) is 6.54 Å². The third-order valence-electron chi connectivity index (χ3n) is 2.67. The smallest absolute Gasteiger partial charge is 0.230 e. The summed E-state index contributed by atoms with van der Waals surface area (Å²) >= 11 is 0. The molecule has 2 rings (SSSR count). The first-order valence-corrected chi connectivity index (χ1v) is 5.25. The first-order chi connectivity index (χ1) is 6.74. The van der Waals surface area contributed by atoms with Crippen LogP contribution >= 0.6 is 0 Å². The molecule has 4 nitrogen and oxygen atoms in total. The molecule has 78 valence electrons. The van der Waals surface area contributed by atoms with Crippen LogP contribution in [0.3, 0.4) is 0 Å². The summed E-state index contributed by atoms with van der Waals surface area (Å²) in [5.41, 5.74) is 0. The van der Waals surface area contributed by atoms with Crippen LogP contribution in [0.25, 0.3) is 0 Å². The van der Waals surface area contributed by atoms with Crippen LogP contribution < -0.4 is 0 Å². The van der Waals surface area contributed by atoms with Crippen molar-refractivity contribution in [3.05, 3.63) is 11.8 Å². The van der Waals surface area contributed by atoms with E-state index in [1.54, 1.807) is 0 Å². The van der Waals surface area contributed by atoms with Crippen molar-refractivity contribution in [1.82, 2.24) is 15.1 Å². The highest BCUT2D eigenvalue weighted by molar-refractivity contribution is 4.81.